The average Bonchev–Trinajstić information content (AvgIpc) is 3.72. The van der Waals surface area contributed by atoms with Crippen LogP contribution in [0.2, 0.25) is 5.02 Å². The zero-order valence-electron chi connectivity index (χ0n) is 25.3. The fraction of sp³-hybridized carbons (Fsp3) is 0.333. The van der Waals surface area contributed by atoms with Gasteiger partial charge in [0.05, 0.1) is 16.8 Å². The molecule has 5 rings (SSSR count). The summed E-state index contributed by atoms with van der Waals surface area (Å²) < 4.78 is 0. The van der Waals surface area contributed by atoms with Crippen molar-refractivity contribution in [3.05, 3.63) is 112 Å². The minimum absolute atomic E-state index is 0. The number of rotatable bonds is 12. The van der Waals surface area contributed by atoms with Crippen molar-refractivity contribution in [1.29, 1.82) is 0 Å². The van der Waals surface area contributed by atoms with Gasteiger partial charge in [-0.2, -0.15) is 11.8 Å². The summed E-state index contributed by atoms with van der Waals surface area (Å²) in [6.45, 7) is 5.88. The first-order valence-corrected chi connectivity index (χ1v) is 15.9. The summed E-state index contributed by atoms with van der Waals surface area (Å²) in [6.07, 6.45) is 6.95. The molecule has 1 aliphatic carbocycles. The van der Waals surface area contributed by atoms with Crippen molar-refractivity contribution in [2.75, 3.05) is 5.75 Å². The van der Waals surface area contributed by atoms with Gasteiger partial charge in [0.25, 0.3) is 0 Å². The Balaban J connectivity index is 0.00000423. The van der Waals surface area contributed by atoms with Crippen molar-refractivity contribution in [3.63, 3.8) is 0 Å². The Labute approximate surface area is 286 Å². The van der Waals surface area contributed by atoms with Gasteiger partial charge >= 0.3 is 29.6 Å². The molecule has 43 heavy (non-hydrogen) atoms. The summed E-state index contributed by atoms with van der Waals surface area (Å²) >= 11 is 8.02. The van der Waals surface area contributed by atoms with Crippen molar-refractivity contribution >= 4 is 52.4 Å². The number of aromatic nitrogens is 1. The number of thioether (sulfide) groups is 1. The maximum Gasteiger partial charge on any atom is 1.00 e. The number of benzene rings is 3. The molecule has 2 atom stereocenters. The van der Waals surface area contributed by atoms with Gasteiger partial charge in [0.2, 0.25) is 0 Å². The topological polar surface area (TPSA) is 73.2 Å². The third kappa shape index (κ3) is 8.97. The first kappa shape index (κ1) is 33.8. The van der Waals surface area contributed by atoms with E-state index in [1.54, 1.807) is 0 Å². The minimum atomic E-state index is -0.964. The van der Waals surface area contributed by atoms with Gasteiger partial charge in [-0.05, 0) is 103 Å². The van der Waals surface area contributed by atoms with Crippen molar-refractivity contribution in [2.24, 2.45) is 5.41 Å². The second-order valence-electron chi connectivity index (χ2n) is 12.2. The Morgan fingerprint density at radius 1 is 1.07 bits per heavy atom. The molecule has 3 aromatic carbocycles. The molecule has 1 fully saturated rings. The Morgan fingerprint density at radius 2 is 1.81 bits per heavy atom. The molecule has 0 radical (unpaired) electrons. The molecule has 1 unspecified atom stereocenters. The van der Waals surface area contributed by atoms with Crippen LogP contribution in [0.1, 0.15) is 85.6 Å². The number of fused-ring (bicyclic) bond motifs is 1. The Hall–Kier alpha value is -2.12. The van der Waals surface area contributed by atoms with E-state index < -0.39 is 11.6 Å². The summed E-state index contributed by atoms with van der Waals surface area (Å²) in [4.78, 5) is 16.2. The van der Waals surface area contributed by atoms with Crippen molar-refractivity contribution in [3.8, 4) is 0 Å². The summed E-state index contributed by atoms with van der Waals surface area (Å²) in [7, 11) is 0. The van der Waals surface area contributed by atoms with E-state index in [9.17, 15) is 15.0 Å². The van der Waals surface area contributed by atoms with Gasteiger partial charge < -0.3 is 15.0 Å². The van der Waals surface area contributed by atoms with Crippen molar-refractivity contribution in [2.45, 2.75) is 63.2 Å². The van der Waals surface area contributed by atoms with E-state index in [1.165, 1.54) is 5.56 Å². The molecule has 0 bridgehead atoms. The molecular weight excluding hydrogens is 585 g/mol. The molecule has 1 saturated carbocycles. The molecule has 0 spiro atoms. The molecule has 4 nitrogen and oxygen atoms in total. The van der Waals surface area contributed by atoms with Crippen LogP contribution < -0.4 is 34.7 Å². The van der Waals surface area contributed by atoms with Gasteiger partial charge in [0.15, 0.2) is 0 Å². The van der Waals surface area contributed by atoms with E-state index in [4.69, 9.17) is 16.6 Å². The largest absolute Gasteiger partial charge is 1.00 e. The number of carbonyl (C=O) groups excluding carboxylic acids is 1. The zero-order valence-corrected chi connectivity index (χ0v) is 28.9. The number of hydrogen-bond donors (Lipinski definition) is 1. The van der Waals surface area contributed by atoms with Crippen LogP contribution in [0, 0.1) is 5.41 Å². The number of nitrogens with zero attached hydrogens (tertiary/aromatic N) is 1. The Morgan fingerprint density at radius 3 is 2.53 bits per heavy atom. The van der Waals surface area contributed by atoms with E-state index in [1.807, 2.05) is 74.1 Å². The summed E-state index contributed by atoms with van der Waals surface area (Å²) in [5.41, 5.74) is 4.99. The number of carboxylic acids is 1. The van der Waals surface area contributed by atoms with Crippen LogP contribution in [0.5, 0.6) is 0 Å². The smallest absolute Gasteiger partial charge is 0.550 e. The van der Waals surface area contributed by atoms with Crippen molar-refractivity contribution in [1.82, 2.24) is 4.98 Å². The fourth-order valence-electron chi connectivity index (χ4n) is 5.61. The van der Waals surface area contributed by atoms with Gasteiger partial charge in [-0.15, -0.1) is 0 Å². The van der Waals surface area contributed by atoms with Gasteiger partial charge in [-0.25, -0.2) is 4.98 Å². The monoisotopic (exact) mass is 621 g/mol. The molecule has 4 aromatic rings. The van der Waals surface area contributed by atoms with Gasteiger partial charge in [0, 0.05) is 21.6 Å². The van der Waals surface area contributed by atoms with E-state index in [0.717, 1.165) is 58.3 Å². The number of carboxylic acid groups (broad SMARTS) is 1. The summed E-state index contributed by atoms with van der Waals surface area (Å²) in [5.74, 6) is 0.0119. The number of aliphatic hydroxyl groups is 1. The van der Waals surface area contributed by atoms with Crippen LogP contribution in [-0.4, -0.2) is 21.8 Å². The van der Waals surface area contributed by atoms with Gasteiger partial charge in [-0.1, -0.05) is 85.3 Å². The molecule has 7 heteroatoms. The van der Waals surface area contributed by atoms with E-state index in [0.29, 0.717) is 5.02 Å². The van der Waals surface area contributed by atoms with Gasteiger partial charge in [-0.3, -0.25) is 0 Å². The van der Waals surface area contributed by atoms with E-state index in [-0.39, 0.29) is 52.6 Å². The van der Waals surface area contributed by atoms with Crippen LogP contribution in [0.4, 0.5) is 0 Å². The van der Waals surface area contributed by atoms with Gasteiger partial charge in [0.1, 0.15) is 0 Å². The molecular formula is C36H37ClNNaO3S. The summed E-state index contributed by atoms with van der Waals surface area (Å²) in [6, 6.07) is 26.5. The molecule has 1 N–H and O–H groups in total. The van der Waals surface area contributed by atoms with Crippen LogP contribution in [0.25, 0.3) is 23.1 Å². The van der Waals surface area contributed by atoms with Crippen molar-refractivity contribution < 1.29 is 44.6 Å². The number of carbonyl (C=O) groups is 1. The fourth-order valence-corrected chi connectivity index (χ4v) is 7.48. The minimum Gasteiger partial charge on any atom is -0.550 e. The molecule has 1 heterocycles. The first-order valence-electron chi connectivity index (χ1n) is 14.5. The maximum absolute atomic E-state index is 11.4. The molecule has 1 aromatic heterocycles. The predicted molar refractivity (Wildman–Crippen MR) is 173 cm³/mol. The van der Waals surface area contributed by atoms with E-state index >= 15 is 0 Å². The van der Waals surface area contributed by atoms with Crippen LogP contribution in [0.15, 0.2) is 78.9 Å². The second-order valence-corrected chi connectivity index (χ2v) is 13.8. The predicted octanol–water partition coefficient (Wildman–Crippen LogP) is 5.18. The van der Waals surface area contributed by atoms with Crippen LogP contribution in [0.3, 0.4) is 0 Å². The molecule has 0 amide bonds. The SMILES string of the molecule is CC(C[C@@H](SCC1(CC(=O)[O-])CC1)c1cccc(/C=C/c2ccc3ccc(Cl)cc3n2)c1)c1ccccc1C(C)(C)O.[Na+]. The second kappa shape index (κ2) is 14.3. The molecule has 0 aliphatic heterocycles. The number of aliphatic carboxylic acids is 1. The van der Waals surface area contributed by atoms with E-state index in [2.05, 4.69) is 49.4 Å². The maximum atomic E-state index is 11.4. The first-order chi connectivity index (χ1) is 20.0. The Kier molecular flexibility index (Phi) is 11.2. The standard InChI is InChI=1S/C36H38ClNO3S.Na/c1-24(30-9-4-5-10-31(30)35(2,3)41)19-33(42-23-36(17-18-36)22-34(39)40)27-8-6-7-25(20-27)11-15-29-16-13-26-12-14-28(37)21-32(26)38-29;/h4-16,20-21,24,33,41H,17-19,22-23H2,1-3H3,(H,39,40);/q;+1/p-1/b15-11+;/t24?,33-;/m1./s1. The Bertz CT molecular complexity index is 1610. The third-order valence-electron chi connectivity index (χ3n) is 8.19. The van der Waals surface area contributed by atoms with Crippen LogP contribution in [-0.2, 0) is 10.4 Å². The summed E-state index contributed by atoms with van der Waals surface area (Å²) in [5, 5.41) is 24.1. The third-order valence-corrected chi connectivity index (χ3v) is 10.1. The molecule has 1 aliphatic rings. The quantitative estimate of drug-likeness (QED) is 0.221. The average molecular weight is 622 g/mol. The zero-order chi connectivity index (χ0) is 29.9. The number of hydrogen-bond acceptors (Lipinski definition) is 5. The normalized spacial score (nSPS) is 15.7. The number of halogens is 1. The van der Waals surface area contributed by atoms with Crippen LogP contribution >= 0.6 is 23.4 Å². The molecule has 0 saturated heterocycles. The number of pyridine rings is 1. The molecule has 218 valence electrons.